The quantitative estimate of drug-likeness (QED) is 0.777. The summed E-state index contributed by atoms with van der Waals surface area (Å²) in [6.45, 7) is 1.68. The lowest BCUT2D eigenvalue weighted by molar-refractivity contribution is -0.137. The molecule has 0 fully saturated rings. The van der Waals surface area contributed by atoms with Crippen molar-refractivity contribution in [2.45, 2.75) is 19.1 Å². The molecule has 2 amide bonds. The Hall–Kier alpha value is -2.54. The number of carbonyl (C=O) groups excluding carboxylic acids is 1. The second kappa shape index (κ2) is 6.52. The maximum absolute atomic E-state index is 12.7. The number of hydrogen-bond acceptors (Lipinski definition) is 2. The van der Waals surface area contributed by atoms with E-state index in [4.69, 9.17) is 0 Å². The minimum absolute atomic E-state index is 0.0875. The van der Waals surface area contributed by atoms with Crippen LogP contribution >= 0.6 is 0 Å². The molecule has 1 aliphatic heterocycles. The third kappa shape index (κ3) is 3.86. The minimum atomic E-state index is -4.44. The molecule has 0 atom stereocenters. The Balaban J connectivity index is 1.68. The maximum Gasteiger partial charge on any atom is 0.416 e. The summed E-state index contributed by atoms with van der Waals surface area (Å²) in [4.78, 5) is 12.0. The van der Waals surface area contributed by atoms with Gasteiger partial charge in [0, 0.05) is 17.9 Å². The average molecular weight is 335 g/mol. The van der Waals surface area contributed by atoms with Crippen molar-refractivity contribution in [3.8, 4) is 0 Å². The van der Waals surface area contributed by atoms with E-state index in [1.165, 1.54) is 17.7 Å². The number of amides is 2. The van der Waals surface area contributed by atoms with Gasteiger partial charge in [-0.2, -0.15) is 13.2 Å². The van der Waals surface area contributed by atoms with Gasteiger partial charge in [-0.1, -0.05) is 12.1 Å². The van der Waals surface area contributed by atoms with Crippen LogP contribution in [0.5, 0.6) is 0 Å². The second-order valence-electron chi connectivity index (χ2n) is 5.57. The van der Waals surface area contributed by atoms with Crippen LogP contribution < -0.4 is 16.0 Å². The molecule has 3 rings (SSSR count). The zero-order valence-corrected chi connectivity index (χ0v) is 12.7. The molecule has 2 aromatic rings. The molecular formula is C17H16F3N3O. The monoisotopic (exact) mass is 335 g/mol. The smallest absolute Gasteiger partial charge is 0.312 e. The Kier molecular flexibility index (Phi) is 4.44. The Bertz CT molecular complexity index is 759. The third-order valence-electron chi connectivity index (χ3n) is 3.80. The highest BCUT2D eigenvalue weighted by Gasteiger charge is 2.30. The van der Waals surface area contributed by atoms with Gasteiger partial charge in [-0.3, -0.25) is 0 Å². The van der Waals surface area contributed by atoms with Crippen LogP contribution in [0.1, 0.15) is 16.7 Å². The molecule has 24 heavy (non-hydrogen) atoms. The number of rotatable bonds is 2. The normalized spacial score (nSPS) is 14.0. The summed E-state index contributed by atoms with van der Waals surface area (Å²) in [5.74, 6) is 0. The molecule has 1 aliphatic rings. The molecule has 3 N–H and O–H groups in total. The Labute approximate surface area is 137 Å². The van der Waals surface area contributed by atoms with Gasteiger partial charge in [0.25, 0.3) is 0 Å². The van der Waals surface area contributed by atoms with Crippen molar-refractivity contribution in [1.29, 1.82) is 0 Å². The Morgan fingerprint density at radius 1 is 1.00 bits per heavy atom. The van der Waals surface area contributed by atoms with E-state index in [9.17, 15) is 18.0 Å². The summed E-state index contributed by atoms with van der Waals surface area (Å²) in [6, 6.07) is 9.54. The number of benzene rings is 2. The number of alkyl halides is 3. The van der Waals surface area contributed by atoms with Crippen LogP contribution in [0.3, 0.4) is 0 Å². The van der Waals surface area contributed by atoms with Gasteiger partial charge < -0.3 is 16.0 Å². The predicted molar refractivity (Wildman–Crippen MR) is 85.9 cm³/mol. The van der Waals surface area contributed by atoms with E-state index >= 15 is 0 Å². The fourth-order valence-electron chi connectivity index (χ4n) is 2.62. The van der Waals surface area contributed by atoms with Gasteiger partial charge in [0.2, 0.25) is 0 Å². The number of hydrogen-bond donors (Lipinski definition) is 3. The molecule has 1 heterocycles. The molecule has 2 aromatic carbocycles. The van der Waals surface area contributed by atoms with E-state index < -0.39 is 17.8 Å². The van der Waals surface area contributed by atoms with E-state index in [2.05, 4.69) is 16.0 Å². The van der Waals surface area contributed by atoms with Crippen molar-refractivity contribution in [2.75, 3.05) is 17.2 Å². The van der Waals surface area contributed by atoms with E-state index in [0.717, 1.165) is 37.2 Å². The van der Waals surface area contributed by atoms with Crippen LogP contribution in [-0.2, 0) is 19.1 Å². The predicted octanol–water partition coefficient (Wildman–Crippen LogP) is 4.00. The van der Waals surface area contributed by atoms with Crippen molar-refractivity contribution in [3.05, 3.63) is 59.2 Å². The van der Waals surface area contributed by atoms with Gasteiger partial charge in [-0.05, 0) is 54.4 Å². The van der Waals surface area contributed by atoms with E-state index in [0.29, 0.717) is 5.69 Å². The number of nitrogens with one attached hydrogen (secondary N) is 3. The topological polar surface area (TPSA) is 53.2 Å². The lowest BCUT2D eigenvalue weighted by Gasteiger charge is -2.18. The van der Waals surface area contributed by atoms with Gasteiger partial charge in [-0.15, -0.1) is 0 Å². The highest BCUT2D eigenvalue weighted by molar-refractivity contribution is 5.99. The van der Waals surface area contributed by atoms with Crippen LogP contribution in [0.2, 0.25) is 0 Å². The lowest BCUT2D eigenvalue weighted by Crippen LogP contribution is -2.24. The zero-order chi connectivity index (χ0) is 17.2. The third-order valence-corrected chi connectivity index (χ3v) is 3.80. The first kappa shape index (κ1) is 16.3. The molecule has 126 valence electrons. The van der Waals surface area contributed by atoms with Crippen molar-refractivity contribution in [3.63, 3.8) is 0 Å². The van der Waals surface area contributed by atoms with E-state index in [1.807, 2.05) is 12.1 Å². The summed E-state index contributed by atoms with van der Waals surface area (Å²) in [5, 5.41) is 8.33. The van der Waals surface area contributed by atoms with Crippen LogP contribution in [0.4, 0.5) is 29.3 Å². The summed E-state index contributed by atoms with van der Waals surface area (Å²) in [7, 11) is 0. The van der Waals surface area contributed by atoms with Crippen molar-refractivity contribution < 1.29 is 18.0 Å². The van der Waals surface area contributed by atoms with Gasteiger partial charge in [0.05, 0.1) is 5.56 Å². The number of anilines is 2. The second-order valence-corrected chi connectivity index (χ2v) is 5.57. The first-order valence-corrected chi connectivity index (χ1v) is 7.49. The van der Waals surface area contributed by atoms with Crippen molar-refractivity contribution in [2.24, 2.45) is 0 Å². The molecule has 4 nitrogen and oxygen atoms in total. The number of fused-ring (bicyclic) bond motifs is 1. The van der Waals surface area contributed by atoms with Crippen molar-refractivity contribution >= 4 is 17.4 Å². The molecule has 0 radical (unpaired) electrons. The molecule has 0 unspecified atom stereocenters. The van der Waals surface area contributed by atoms with E-state index in [1.54, 1.807) is 6.07 Å². The molecule has 0 bridgehead atoms. The SMILES string of the molecule is O=C(Nc1cccc(C(F)(F)F)c1)Nc1ccc2c(c1)CCNC2. The number of halogens is 3. The van der Waals surface area contributed by atoms with Crippen LogP contribution in [0.15, 0.2) is 42.5 Å². The Morgan fingerprint density at radius 2 is 1.75 bits per heavy atom. The molecule has 7 heteroatoms. The van der Waals surface area contributed by atoms with Gasteiger partial charge in [0.15, 0.2) is 0 Å². The highest BCUT2D eigenvalue weighted by atomic mass is 19.4. The maximum atomic E-state index is 12.7. The summed E-state index contributed by atoms with van der Waals surface area (Å²) in [5.41, 5.74) is 2.24. The summed E-state index contributed by atoms with van der Waals surface area (Å²) in [6.07, 6.45) is -3.57. The molecule has 0 aliphatic carbocycles. The summed E-state index contributed by atoms with van der Waals surface area (Å²) < 4.78 is 38.0. The number of carbonyl (C=O) groups is 1. The first-order chi connectivity index (χ1) is 11.4. The van der Waals surface area contributed by atoms with Gasteiger partial charge >= 0.3 is 12.2 Å². The number of urea groups is 1. The highest BCUT2D eigenvalue weighted by Crippen LogP contribution is 2.30. The first-order valence-electron chi connectivity index (χ1n) is 7.49. The van der Waals surface area contributed by atoms with Crippen molar-refractivity contribution in [1.82, 2.24) is 5.32 Å². The molecule has 0 spiro atoms. The minimum Gasteiger partial charge on any atom is -0.312 e. The molecule has 0 saturated heterocycles. The largest absolute Gasteiger partial charge is 0.416 e. The molecule has 0 saturated carbocycles. The molecular weight excluding hydrogens is 319 g/mol. The fourth-order valence-corrected chi connectivity index (χ4v) is 2.62. The van der Waals surface area contributed by atoms with Crippen LogP contribution in [0.25, 0.3) is 0 Å². The van der Waals surface area contributed by atoms with Gasteiger partial charge in [0.1, 0.15) is 0 Å². The lowest BCUT2D eigenvalue weighted by atomic mass is 10.0. The standard InChI is InChI=1S/C17H16F3N3O/c18-17(19,20)13-2-1-3-14(9-13)22-16(24)23-15-5-4-12-10-21-7-6-11(12)8-15/h1-5,8-9,21H,6-7,10H2,(H2,22,23,24). The van der Waals surface area contributed by atoms with E-state index in [-0.39, 0.29) is 5.69 Å². The zero-order valence-electron chi connectivity index (χ0n) is 12.7. The Morgan fingerprint density at radius 3 is 2.50 bits per heavy atom. The average Bonchev–Trinajstić information content (AvgIpc) is 2.54. The fraction of sp³-hybridized carbons (Fsp3) is 0.235. The summed E-state index contributed by atoms with van der Waals surface area (Å²) >= 11 is 0. The molecule has 0 aromatic heterocycles. The van der Waals surface area contributed by atoms with Crippen LogP contribution in [-0.4, -0.2) is 12.6 Å². The van der Waals surface area contributed by atoms with Gasteiger partial charge in [-0.25, -0.2) is 4.79 Å². The van der Waals surface area contributed by atoms with Crippen LogP contribution in [0, 0.1) is 0 Å².